The summed E-state index contributed by atoms with van der Waals surface area (Å²) < 4.78 is 13.0. The molecule has 0 aliphatic heterocycles. The van der Waals surface area contributed by atoms with Crippen molar-refractivity contribution < 1.29 is 9.15 Å². The molecule has 0 aliphatic rings. The van der Waals surface area contributed by atoms with Crippen LogP contribution in [0.1, 0.15) is 18.1 Å². The Bertz CT molecular complexity index is 1060. The zero-order valence-corrected chi connectivity index (χ0v) is 16.4. The van der Waals surface area contributed by atoms with Crippen LogP contribution in [0.25, 0.3) is 22.8 Å². The van der Waals surface area contributed by atoms with Gasteiger partial charge in [0.1, 0.15) is 5.75 Å². The van der Waals surface area contributed by atoms with Crippen LogP contribution < -0.4 is 4.74 Å². The number of pyridine rings is 1. The van der Waals surface area contributed by atoms with Gasteiger partial charge in [-0.05, 0) is 43.3 Å². The third-order valence-corrected chi connectivity index (χ3v) is 5.30. The van der Waals surface area contributed by atoms with E-state index in [-0.39, 0.29) is 5.25 Å². The van der Waals surface area contributed by atoms with E-state index in [1.165, 1.54) is 11.8 Å². The van der Waals surface area contributed by atoms with Gasteiger partial charge in [-0.25, -0.2) is 0 Å². The second-order valence-electron chi connectivity index (χ2n) is 6.04. The Hall–Kier alpha value is -3.20. The number of hydrogen-bond donors (Lipinski definition) is 0. The second kappa shape index (κ2) is 7.81. The quantitative estimate of drug-likeness (QED) is 0.456. The fraction of sp³-hybridized carbons (Fsp3) is 0.211. The van der Waals surface area contributed by atoms with Crippen molar-refractivity contribution in [1.82, 2.24) is 29.9 Å². The second-order valence-corrected chi connectivity index (χ2v) is 7.34. The first-order valence-corrected chi connectivity index (χ1v) is 9.48. The molecule has 1 aromatic carbocycles. The van der Waals surface area contributed by atoms with Crippen molar-refractivity contribution in [3.8, 4) is 28.6 Å². The molecule has 28 heavy (non-hydrogen) atoms. The highest BCUT2D eigenvalue weighted by molar-refractivity contribution is 7.99. The van der Waals surface area contributed by atoms with E-state index in [0.717, 1.165) is 27.9 Å². The molecule has 0 fully saturated rings. The van der Waals surface area contributed by atoms with Crippen molar-refractivity contribution in [3.05, 3.63) is 54.7 Å². The summed E-state index contributed by atoms with van der Waals surface area (Å²) in [6, 6.07) is 11.3. The molecule has 0 N–H and O–H groups in total. The lowest BCUT2D eigenvalue weighted by molar-refractivity contribution is 0.415. The predicted molar refractivity (Wildman–Crippen MR) is 105 cm³/mol. The van der Waals surface area contributed by atoms with E-state index in [9.17, 15) is 0 Å². The number of nitrogens with zero attached hydrogens (tertiary/aromatic N) is 6. The molecule has 0 bridgehead atoms. The van der Waals surface area contributed by atoms with Crippen LogP contribution in [0.5, 0.6) is 5.75 Å². The molecule has 3 heterocycles. The third kappa shape index (κ3) is 3.61. The molecule has 4 rings (SSSR count). The van der Waals surface area contributed by atoms with Gasteiger partial charge >= 0.3 is 0 Å². The minimum absolute atomic E-state index is 0.0762. The Morgan fingerprint density at radius 3 is 2.43 bits per heavy atom. The molecule has 1 atom stereocenters. The lowest BCUT2D eigenvalue weighted by Gasteiger charge is -2.07. The zero-order chi connectivity index (χ0) is 19.5. The number of thioether (sulfide) groups is 1. The maximum atomic E-state index is 5.86. The minimum Gasteiger partial charge on any atom is -0.497 e. The van der Waals surface area contributed by atoms with Crippen LogP contribution in [0.2, 0.25) is 0 Å². The lowest BCUT2D eigenvalue weighted by atomic mass is 10.2. The van der Waals surface area contributed by atoms with E-state index in [4.69, 9.17) is 9.15 Å². The molecule has 142 valence electrons. The smallest absolute Gasteiger partial charge is 0.247 e. The van der Waals surface area contributed by atoms with Crippen molar-refractivity contribution >= 4 is 11.8 Å². The molecule has 0 radical (unpaired) electrons. The van der Waals surface area contributed by atoms with Crippen LogP contribution in [0.4, 0.5) is 0 Å². The average molecular weight is 394 g/mol. The zero-order valence-electron chi connectivity index (χ0n) is 15.6. The summed E-state index contributed by atoms with van der Waals surface area (Å²) in [6.45, 7) is 2.00. The highest BCUT2D eigenvalue weighted by atomic mass is 32.2. The van der Waals surface area contributed by atoms with Crippen LogP contribution in [0.15, 0.2) is 58.4 Å². The molecule has 0 spiro atoms. The van der Waals surface area contributed by atoms with Gasteiger partial charge in [0, 0.05) is 30.6 Å². The van der Waals surface area contributed by atoms with Gasteiger partial charge in [0.2, 0.25) is 11.8 Å². The molecule has 3 aromatic heterocycles. The van der Waals surface area contributed by atoms with E-state index < -0.39 is 0 Å². The van der Waals surface area contributed by atoms with Crippen molar-refractivity contribution in [1.29, 1.82) is 0 Å². The molecule has 0 saturated carbocycles. The Morgan fingerprint density at radius 1 is 0.964 bits per heavy atom. The Morgan fingerprint density at radius 2 is 1.71 bits per heavy atom. The van der Waals surface area contributed by atoms with Crippen LogP contribution in [-0.2, 0) is 7.05 Å². The van der Waals surface area contributed by atoms with E-state index in [1.54, 1.807) is 19.5 Å². The summed E-state index contributed by atoms with van der Waals surface area (Å²) in [7, 11) is 3.56. The fourth-order valence-electron chi connectivity index (χ4n) is 2.63. The summed E-state index contributed by atoms with van der Waals surface area (Å²) in [4.78, 5) is 4.04. The van der Waals surface area contributed by atoms with Gasteiger partial charge in [-0.2, -0.15) is 0 Å². The molecule has 4 aromatic rings. The first-order chi connectivity index (χ1) is 13.7. The van der Waals surface area contributed by atoms with Gasteiger partial charge in [-0.15, -0.1) is 20.4 Å². The normalized spacial score (nSPS) is 12.1. The Kier molecular flexibility index (Phi) is 5.07. The van der Waals surface area contributed by atoms with Gasteiger partial charge in [0.15, 0.2) is 11.0 Å². The third-order valence-electron chi connectivity index (χ3n) is 4.18. The van der Waals surface area contributed by atoms with Gasteiger partial charge in [-0.1, -0.05) is 11.8 Å². The summed E-state index contributed by atoms with van der Waals surface area (Å²) >= 11 is 1.51. The minimum atomic E-state index is -0.0762. The monoisotopic (exact) mass is 394 g/mol. The summed E-state index contributed by atoms with van der Waals surface area (Å²) in [5, 5.41) is 17.6. The molecule has 0 amide bonds. The summed E-state index contributed by atoms with van der Waals surface area (Å²) in [5.41, 5.74) is 1.81. The highest BCUT2D eigenvalue weighted by Gasteiger charge is 2.20. The van der Waals surface area contributed by atoms with Crippen molar-refractivity contribution in [2.75, 3.05) is 7.11 Å². The topological polar surface area (TPSA) is 91.8 Å². The number of rotatable bonds is 6. The van der Waals surface area contributed by atoms with Gasteiger partial charge in [0.25, 0.3) is 0 Å². The predicted octanol–water partition coefficient (Wildman–Crippen LogP) is 3.79. The molecule has 0 aliphatic carbocycles. The standard InChI is InChI=1S/C19H18N6O2S/c1-12(17-22-23-18(27-17)14-4-6-15(26-3)7-5-14)28-19-24-21-16(25(19)2)13-8-10-20-11-9-13/h4-12H,1-3H3/t12-/m0/s1. The Labute approximate surface area is 166 Å². The van der Waals surface area contributed by atoms with Crippen molar-refractivity contribution in [3.63, 3.8) is 0 Å². The lowest BCUT2D eigenvalue weighted by Crippen LogP contribution is -1.97. The average Bonchev–Trinajstić information content (AvgIpc) is 3.37. The number of ether oxygens (including phenoxy) is 1. The van der Waals surface area contributed by atoms with Gasteiger partial charge < -0.3 is 13.7 Å². The SMILES string of the molecule is COc1ccc(-c2nnc([C@H](C)Sc3nnc(-c4ccncc4)n3C)o2)cc1. The molecular formula is C19H18N6O2S. The van der Waals surface area contributed by atoms with Crippen molar-refractivity contribution in [2.24, 2.45) is 7.05 Å². The summed E-state index contributed by atoms with van der Waals surface area (Å²) in [6.07, 6.45) is 3.47. The first-order valence-electron chi connectivity index (χ1n) is 8.60. The Balaban J connectivity index is 1.51. The maximum absolute atomic E-state index is 5.86. The van der Waals surface area contributed by atoms with Crippen molar-refractivity contribution in [2.45, 2.75) is 17.3 Å². The largest absolute Gasteiger partial charge is 0.497 e. The highest BCUT2D eigenvalue weighted by Crippen LogP contribution is 2.35. The maximum Gasteiger partial charge on any atom is 0.247 e. The summed E-state index contributed by atoms with van der Waals surface area (Å²) in [5.74, 6) is 2.56. The van der Waals surface area contributed by atoms with E-state index in [1.807, 2.05) is 54.9 Å². The fourth-order valence-corrected chi connectivity index (χ4v) is 3.47. The number of benzene rings is 1. The molecule has 9 heteroatoms. The van der Waals surface area contributed by atoms with Crippen LogP contribution in [-0.4, -0.2) is 37.1 Å². The number of methoxy groups -OCH3 is 1. The molecular weight excluding hydrogens is 376 g/mol. The van der Waals surface area contributed by atoms with Gasteiger partial charge in [0.05, 0.1) is 12.4 Å². The first kappa shape index (κ1) is 18.2. The van der Waals surface area contributed by atoms with Crippen LogP contribution >= 0.6 is 11.8 Å². The number of aromatic nitrogens is 6. The van der Waals surface area contributed by atoms with E-state index in [2.05, 4.69) is 25.4 Å². The van der Waals surface area contributed by atoms with Crippen LogP contribution in [0.3, 0.4) is 0 Å². The van der Waals surface area contributed by atoms with Crippen LogP contribution in [0, 0.1) is 0 Å². The van der Waals surface area contributed by atoms with E-state index in [0.29, 0.717) is 11.8 Å². The number of hydrogen-bond acceptors (Lipinski definition) is 8. The molecule has 8 nitrogen and oxygen atoms in total. The van der Waals surface area contributed by atoms with E-state index >= 15 is 0 Å². The molecule has 0 unspecified atom stereocenters. The molecule has 0 saturated heterocycles. The van der Waals surface area contributed by atoms with Gasteiger partial charge in [-0.3, -0.25) is 4.98 Å².